The van der Waals surface area contributed by atoms with E-state index < -0.39 is 6.10 Å². The Morgan fingerprint density at radius 3 is 2.91 bits per heavy atom. The lowest BCUT2D eigenvalue weighted by Gasteiger charge is -2.25. The van der Waals surface area contributed by atoms with Crippen LogP contribution in [0.3, 0.4) is 0 Å². The molecular weight excluding hydrogens is 364 g/mol. The van der Waals surface area contributed by atoms with Gasteiger partial charge < -0.3 is 9.26 Å². The number of carbonyl (C=O) groups excluding carboxylic acids is 1. The summed E-state index contributed by atoms with van der Waals surface area (Å²) in [5.74, 6) is 0.235. The van der Waals surface area contributed by atoms with E-state index in [4.69, 9.17) is 14.1 Å². The molecule has 3 rings (SSSR count). The molecule has 0 aliphatic heterocycles. The average molecular weight is 381 g/mol. The molecule has 1 amide bonds. The summed E-state index contributed by atoms with van der Waals surface area (Å²) in [7, 11) is 0. The van der Waals surface area contributed by atoms with Gasteiger partial charge in [0.15, 0.2) is 6.10 Å². The molecule has 7 heteroatoms. The third-order valence-electron chi connectivity index (χ3n) is 3.71. The number of rotatable bonds is 6. The maximum Gasteiger partial charge on any atom is 0.284 e. The van der Waals surface area contributed by atoms with Crippen molar-refractivity contribution in [1.82, 2.24) is 10.6 Å². The number of carbonyl (C=O) groups is 1. The molecule has 1 aromatic heterocycles. The predicted molar refractivity (Wildman–Crippen MR) is 86.6 cm³/mol. The molecule has 122 valence electrons. The fraction of sp³-hybridized carbons (Fsp3) is 0.375. The Hall–Kier alpha value is -1.86. The Morgan fingerprint density at radius 2 is 2.26 bits per heavy atom. The van der Waals surface area contributed by atoms with Gasteiger partial charge in [-0.05, 0) is 44.4 Å². The fourth-order valence-electron chi connectivity index (χ4n) is 2.11. The number of nitrogens with one attached hydrogen (secondary N) is 1. The predicted octanol–water partition coefficient (Wildman–Crippen LogP) is 3.47. The van der Waals surface area contributed by atoms with E-state index in [1.807, 2.05) is 12.1 Å². The van der Waals surface area contributed by atoms with Crippen LogP contribution in [-0.2, 0) is 9.63 Å². The lowest BCUT2D eigenvalue weighted by Crippen LogP contribution is -2.40. The maximum atomic E-state index is 12.1. The van der Waals surface area contributed by atoms with Gasteiger partial charge in [-0.1, -0.05) is 21.1 Å². The molecule has 2 aromatic rings. The summed E-state index contributed by atoms with van der Waals surface area (Å²) in [6.45, 7) is 1.67. The second kappa shape index (κ2) is 7.14. The SMILES string of the molecule is C[C@H](Oc1ccc(Br)cc1-c1ccon1)C(=O)NOC1CCC1. The monoisotopic (exact) mass is 380 g/mol. The smallest absolute Gasteiger partial charge is 0.284 e. The minimum atomic E-state index is -0.693. The lowest BCUT2D eigenvalue weighted by atomic mass is 9.97. The van der Waals surface area contributed by atoms with Crippen LogP contribution in [0, 0.1) is 0 Å². The van der Waals surface area contributed by atoms with Gasteiger partial charge in [-0.2, -0.15) is 0 Å². The molecule has 1 aromatic carbocycles. The summed E-state index contributed by atoms with van der Waals surface area (Å²) >= 11 is 3.42. The van der Waals surface area contributed by atoms with Crippen LogP contribution in [0.4, 0.5) is 0 Å². The van der Waals surface area contributed by atoms with Crippen LogP contribution in [0.1, 0.15) is 26.2 Å². The van der Waals surface area contributed by atoms with E-state index in [0.29, 0.717) is 11.4 Å². The first-order valence-corrected chi connectivity index (χ1v) is 8.25. The molecule has 0 spiro atoms. The van der Waals surface area contributed by atoms with E-state index in [2.05, 4.69) is 26.6 Å². The highest BCUT2D eigenvalue weighted by atomic mass is 79.9. The molecule has 6 nitrogen and oxygen atoms in total. The number of halogens is 1. The van der Waals surface area contributed by atoms with E-state index in [1.54, 1.807) is 19.1 Å². The fourth-order valence-corrected chi connectivity index (χ4v) is 2.47. The molecule has 0 saturated heterocycles. The first-order valence-electron chi connectivity index (χ1n) is 7.46. The van der Waals surface area contributed by atoms with Crippen molar-refractivity contribution in [3.05, 3.63) is 35.0 Å². The van der Waals surface area contributed by atoms with Gasteiger partial charge in [0.2, 0.25) is 0 Å². The van der Waals surface area contributed by atoms with Gasteiger partial charge in [0.05, 0.1) is 6.10 Å². The number of hydroxylamine groups is 1. The lowest BCUT2D eigenvalue weighted by molar-refractivity contribution is -0.149. The molecular formula is C16H17BrN2O4. The van der Waals surface area contributed by atoms with Crippen molar-refractivity contribution < 1.29 is 18.9 Å². The number of benzene rings is 1. The van der Waals surface area contributed by atoms with Crippen LogP contribution in [0.15, 0.2) is 39.5 Å². The summed E-state index contributed by atoms with van der Waals surface area (Å²) in [6, 6.07) is 7.22. The minimum Gasteiger partial charge on any atom is -0.480 e. The standard InChI is InChI=1S/C16H17BrN2O4/c1-10(16(20)19-23-12-3-2-4-12)22-15-6-5-11(17)9-13(15)14-7-8-21-18-14/h5-10,12H,2-4H2,1H3,(H,19,20)/t10-/m0/s1. The van der Waals surface area contributed by atoms with Gasteiger partial charge >= 0.3 is 0 Å². The Bertz CT molecular complexity index is 671. The van der Waals surface area contributed by atoms with Crippen molar-refractivity contribution in [2.45, 2.75) is 38.4 Å². The van der Waals surface area contributed by atoms with Crippen LogP contribution in [0.5, 0.6) is 5.75 Å². The van der Waals surface area contributed by atoms with Gasteiger partial charge in [0, 0.05) is 16.1 Å². The molecule has 1 aliphatic rings. The molecule has 1 N–H and O–H groups in total. The molecule has 0 unspecified atom stereocenters. The second-order valence-corrected chi connectivity index (χ2v) is 6.34. The Labute approximate surface area is 142 Å². The highest BCUT2D eigenvalue weighted by Crippen LogP contribution is 2.32. The van der Waals surface area contributed by atoms with Gasteiger partial charge in [-0.25, -0.2) is 5.48 Å². The molecule has 0 bridgehead atoms. The van der Waals surface area contributed by atoms with Crippen molar-refractivity contribution in [3.63, 3.8) is 0 Å². The van der Waals surface area contributed by atoms with Gasteiger partial charge in [-0.3, -0.25) is 9.63 Å². The number of amides is 1. The van der Waals surface area contributed by atoms with Crippen molar-refractivity contribution in [3.8, 4) is 17.0 Å². The number of ether oxygens (including phenoxy) is 1. The summed E-state index contributed by atoms with van der Waals surface area (Å²) in [6.07, 6.45) is 4.04. The van der Waals surface area contributed by atoms with Crippen LogP contribution in [-0.4, -0.2) is 23.3 Å². The van der Waals surface area contributed by atoms with Gasteiger partial charge in [0.25, 0.3) is 5.91 Å². The zero-order valence-electron chi connectivity index (χ0n) is 12.6. The van der Waals surface area contributed by atoms with Crippen molar-refractivity contribution in [1.29, 1.82) is 0 Å². The van der Waals surface area contributed by atoms with Crippen molar-refractivity contribution >= 4 is 21.8 Å². The van der Waals surface area contributed by atoms with Crippen LogP contribution < -0.4 is 10.2 Å². The summed E-state index contributed by atoms with van der Waals surface area (Å²) in [5, 5.41) is 3.92. The molecule has 1 saturated carbocycles. The zero-order valence-corrected chi connectivity index (χ0v) is 14.2. The van der Waals surface area contributed by atoms with Crippen LogP contribution >= 0.6 is 15.9 Å². The summed E-state index contributed by atoms with van der Waals surface area (Å²) < 4.78 is 11.5. The first-order chi connectivity index (χ1) is 11.1. The molecule has 1 atom stereocenters. The highest BCUT2D eigenvalue weighted by molar-refractivity contribution is 9.10. The van der Waals surface area contributed by atoms with Crippen LogP contribution in [0.25, 0.3) is 11.3 Å². The van der Waals surface area contributed by atoms with Crippen molar-refractivity contribution in [2.24, 2.45) is 0 Å². The summed E-state index contributed by atoms with van der Waals surface area (Å²) in [4.78, 5) is 17.4. The zero-order chi connectivity index (χ0) is 16.2. The third-order valence-corrected chi connectivity index (χ3v) is 4.20. The van der Waals surface area contributed by atoms with E-state index >= 15 is 0 Å². The summed E-state index contributed by atoms with van der Waals surface area (Å²) in [5.41, 5.74) is 3.84. The van der Waals surface area contributed by atoms with E-state index in [1.165, 1.54) is 6.26 Å². The Kier molecular flexibility index (Phi) is 4.97. The van der Waals surface area contributed by atoms with E-state index in [-0.39, 0.29) is 12.0 Å². The van der Waals surface area contributed by atoms with E-state index in [9.17, 15) is 4.79 Å². The molecule has 1 aliphatic carbocycles. The minimum absolute atomic E-state index is 0.129. The Morgan fingerprint density at radius 1 is 1.43 bits per heavy atom. The van der Waals surface area contributed by atoms with Crippen LogP contribution in [0.2, 0.25) is 0 Å². The van der Waals surface area contributed by atoms with Gasteiger partial charge in [-0.15, -0.1) is 0 Å². The molecule has 23 heavy (non-hydrogen) atoms. The second-order valence-electron chi connectivity index (χ2n) is 5.42. The number of aromatic nitrogens is 1. The first kappa shape index (κ1) is 16.0. The largest absolute Gasteiger partial charge is 0.480 e. The van der Waals surface area contributed by atoms with Gasteiger partial charge in [0.1, 0.15) is 17.7 Å². The average Bonchev–Trinajstić information content (AvgIpc) is 3.01. The topological polar surface area (TPSA) is 73.6 Å². The quantitative estimate of drug-likeness (QED) is 0.776. The normalized spacial score (nSPS) is 15.7. The Balaban J connectivity index is 1.67. The molecule has 1 heterocycles. The molecule has 0 radical (unpaired) electrons. The number of nitrogens with zero attached hydrogens (tertiary/aromatic N) is 1. The number of hydrogen-bond acceptors (Lipinski definition) is 5. The van der Waals surface area contributed by atoms with Crippen molar-refractivity contribution in [2.75, 3.05) is 0 Å². The van der Waals surface area contributed by atoms with E-state index in [0.717, 1.165) is 29.3 Å². The number of hydrogen-bond donors (Lipinski definition) is 1. The molecule has 1 fully saturated rings. The maximum absolute atomic E-state index is 12.1. The third kappa shape index (κ3) is 3.92. The highest BCUT2D eigenvalue weighted by Gasteiger charge is 2.22.